The van der Waals surface area contributed by atoms with E-state index in [1.54, 1.807) is 24.3 Å². The van der Waals surface area contributed by atoms with Gasteiger partial charge in [0.2, 0.25) is 5.91 Å². The van der Waals surface area contributed by atoms with Crippen molar-refractivity contribution in [1.29, 1.82) is 0 Å². The fraction of sp³-hybridized carbons (Fsp3) is 0.393. The Balaban J connectivity index is 1.66. The highest BCUT2D eigenvalue weighted by atomic mass is 35.5. The van der Waals surface area contributed by atoms with Gasteiger partial charge in [-0.05, 0) is 62.2 Å². The van der Waals surface area contributed by atoms with Crippen molar-refractivity contribution in [1.82, 2.24) is 4.90 Å². The minimum absolute atomic E-state index is 0.0156. The summed E-state index contributed by atoms with van der Waals surface area (Å²) in [6, 6.07) is 12.6. The third-order valence-electron chi connectivity index (χ3n) is 6.00. The van der Waals surface area contributed by atoms with Gasteiger partial charge < -0.3 is 19.1 Å². The van der Waals surface area contributed by atoms with Gasteiger partial charge in [0.1, 0.15) is 17.2 Å². The van der Waals surface area contributed by atoms with Gasteiger partial charge in [0, 0.05) is 13.1 Å². The first-order valence-corrected chi connectivity index (χ1v) is 13.8. The topological polar surface area (TPSA) is 80.7 Å². The van der Waals surface area contributed by atoms with E-state index in [-0.39, 0.29) is 23.6 Å². The normalized spacial score (nSPS) is 17.7. The van der Waals surface area contributed by atoms with Gasteiger partial charge in [0.05, 0.1) is 42.4 Å². The quantitative estimate of drug-likeness (QED) is 0.412. The molecule has 2 aliphatic rings. The molecule has 2 heterocycles. The molecule has 1 atom stereocenters. The lowest BCUT2D eigenvalue weighted by molar-refractivity contribution is -0.134. The molecule has 2 amide bonds. The van der Waals surface area contributed by atoms with Gasteiger partial charge in [-0.25, -0.2) is 4.99 Å². The predicted octanol–water partition coefficient (Wildman–Crippen LogP) is 5.25. The molecule has 4 rings (SSSR count). The second-order valence-corrected chi connectivity index (χ2v) is 10.6. The van der Waals surface area contributed by atoms with Crippen LogP contribution in [0.2, 0.25) is 5.02 Å². The lowest BCUT2D eigenvalue weighted by Gasteiger charge is -2.30. The molecule has 0 aliphatic carbocycles. The van der Waals surface area contributed by atoms with Crippen molar-refractivity contribution in [3.8, 4) is 11.5 Å². The van der Waals surface area contributed by atoms with Gasteiger partial charge in [-0.2, -0.15) is 0 Å². The van der Waals surface area contributed by atoms with Crippen LogP contribution in [0.4, 0.5) is 5.69 Å². The van der Waals surface area contributed by atoms with Gasteiger partial charge in [0.15, 0.2) is 5.17 Å². The summed E-state index contributed by atoms with van der Waals surface area (Å²) in [5.41, 5.74) is 1.62. The number of hydrogen-bond acceptors (Lipinski definition) is 7. The summed E-state index contributed by atoms with van der Waals surface area (Å²) in [6.07, 6.45) is 2.39. The third-order valence-corrected chi connectivity index (χ3v) is 7.59. The highest BCUT2D eigenvalue weighted by molar-refractivity contribution is 8.15. The smallest absolute Gasteiger partial charge is 0.283 e. The van der Waals surface area contributed by atoms with Crippen molar-refractivity contribution < 1.29 is 23.8 Å². The van der Waals surface area contributed by atoms with Gasteiger partial charge in [-0.15, -0.1) is 0 Å². The van der Waals surface area contributed by atoms with E-state index >= 15 is 0 Å². The number of amidine groups is 1. The molecule has 1 saturated heterocycles. The number of carbonyl (C=O) groups is 2. The van der Waals surface area contributed by atoms with Crippen LogP contribution in [0.15, 0.2) is 53.2 Å². The summed E-state index contributed by atoms with van der Waals surface area (Å²) in [5, 5.41) is 0.398. The molecule has 0 spiro atoms. The molecule has 2 aliphatic heterocycles. The minimum atomic E-state index is -0.400. The molecule has 1 unspecified atom stereocenters. The Morgan fingerprint density at radius 2 is 1.89 bits per heavy atom. The monoisotopic (exact) mass is 557 g/mol. The van der Waals surface area contributed by atoms with Gasteiger partial charge >= 0.3 is 0 Å². The summed E-state index contributed by atoms with van der Waals surface area (Å²) in [6.45, 7) is 8.05. The second kappa shape index (κ2) is 12.7. The molecule has 0 N–H and O–H groups in total. The van der Waals surface area contributed by atoms with Crippen LogP contribution in [0.3, 0.4) is 0 Å². The van der Waals surface area contributed by atoms with Crippen LogP contribution in [0.1, 0.15) is 32.8 Å². The SMILES string of the molecule is CCC(SC1=NC(=Cc2ccc(OC(C)C)cc2)C(=O)N1c1ccc(OC)c(Cl)c1)C(=O)N1CCOCC1. The van der Waals surface area contributed by atoms with Crippen molar-refractivity contribution in [2.24, 2.45) is 4.99 Å². The zero-order valence-electron chi connectivity index (χ0n) is 22.0. The molecule has 1 fully saturated rings. The molecule has 2 aromatic carbocycles. The number of rotatable bonds is 8. The number of halogens is 1. The van der Waals surface area contributed by atoms with E-state index in [0.717, 1.165) is 11.3 Å². The van der Waals surface area contributed by atoms with Crippen molar-refractivity contribution in [2.75, 3.05) is 38.3 Å². The maximum absolute atomic E-state index is 13.7. The molecule has 2 aromatic rings. The molecule has 202 valence electrons. The van der Waals surface area contributed by atoms with Crippen LogP contribution in [-0.4, -0.2) is 66.6 Å². The van der Waals surface area contributed by atoms with Crippen LogP contribution >= 0.6 is 23.4 Å². The van der Waals surface area contributed by atoms with Crippen LogP contribution in [-0.2, 0) is 14.3 Å². The zero-order valence-corrected chi connectivity index (χ0v) is 23.6. The van der Waals surface area contributed by atoms with E-state index < -0.39 is 5.25 Å². The fourth-order valence-corrected chi connectivity index (χ4v) is 5.46. The highest BCUT2D eigenvalue weighted by Crippen LogP contribution is 2.36. The van der Waals surface area contributed by atoms with Gasteiger partial charge in [-0.3, -0.25) is 14.5 Å². The molecular formula is C28H32ClN3O5S. The van der Waals surface area contributed by atoms with Gasteiger partial charge in [0.25, 0.3) is 5.91 Å². The van der Waals surface area contributed by atoms with Gasteiger partial charge in [-0.1, -0.05) is 42.4 Å². The lowest BCUT2D eigenvalue weighted by Crippen LogP contribution is -2.45. The Bertz CT molecular complexity index is 1230. The predicted molar refractivity (Wildman–Crippen MR) is 152 cm³/mol. The lowest BCUT2D eigenvalue weighted by atomic mass is 10.2. The van der Waals surface area contributed by atoms with E-state index in [4.69, 9.17) is 30.8 Å². The van der Waals surface area contributed by atoms with E-state index in [2.05, 4.69) is 0 Å². The minimum Gasteiger partial charge on any atom is -0.495 e. The molecule has 38 heavy (non-hydrogen) atoms. The number of amides is 2. The number of morpholine rings is 1. The van der Waals surface area contributed by atoms with E-state index in [1.165, 1.54) is 23.8 Å². The molecule has 0 saturated carbocycles. The third kappa shape index (κ3) is 6.51. The van der Waals surface area contributed by atoms with Crippen LogP contribution < -0.4 is 14.4 Å². The molecular weight excluding hydrogens is 526 g/mol. The molecule has 0 bridgehead atoms. The molecule has 8 nitrogen and oxygen atoms in total. The summed E-state index contributed by atoms with van der Waals surface area (Å²) in [4.78, 5) is 35.0. The standard InChI is InChI=1S/C28H32ClN3O5S/c1-5-25(27(34)31-12-14-36-15-13-31)38-28-30-23(16-19-6-9-21(10-7-19)37-18(2)3)26(33)32(28)20-8-11-24(35-4)22(29)17-20/h6-11,16-18,25H,5,12-15H2,1-4H3. The fourth-order valence-electron chi connectivity index (χ4n) is 4.09. The molecule has 0 radical (unpaired) electrons. The van der Waals surface area contributed by atoms with E-state index in [1.807, 2.05) is 49.9 Å². The number of benzene rings is 2. The number of carbonyl (C=O) groups excluding carboxylic acids is 2. The number of hydrogen-bond donors (Lipinski definition) is 0. The van der Waals surface area contributed by atoms with E-state index in [9.17, 15) is 9.59 Å². The summed E-state index contributed by atoms with van der Waals surface area (Å²) in [5.74, 6) is 0.968. The van der Waals surface area contributed by atoms with Crippen LogP contribution in [0, 0.1) is 0 Å². The Hall–Kier alpha value is -3.01. The zero-order chi connectivity index (χ0) is 27.2. The Labute approximate surface area is 232 Å². The number of anilines is 1. The maximum atomic E-state index is 13.7. The number of nitrogens with zero attached hydrogens (tertiary/aromatic N) is 3. The summed E-state index contributed by atoms with van der Waals surface area (Å²) < 4.78 is 16.4. The summed E-state index contributed by atoms with van der Waals surface area (Å²) >= 11 is 7.68. The Kier molecular flexibility index (Phi) is 9.35. The van der Waals surface area contributed by atoms with Crippen molar-refractivity contribution in [3.05, 3.63) is 58.7 Å². The highest BCUT2D eigenvalue weighted by Gasteiger charge is 2.36. The maximum Gasteiger partial charge on any atom is 0.283 e. The Morgan fingerprint density at radius 3 is 2.50 bits per heavy atom. The summed E-state index contributed by atoms with van der Waals surface area (Å²) in [7, 11) is 1.53. The average molecular weight is 558 g/mol. The van der Waals surface area contributed by atoms with Crippen LogP contribution in [0.5, 0.6) is 11.5 Å². The molecule has 0 aromatic heterocycles. The van der Waals surface area contributed by atoms with Crippen molar-refractivity contribution >= 4 is 52.1 Å². The van der Waals surface area contributed by atoms with Crippen molar-refractivity contribution in [2.45, 2.75) is 38.5 Å². The second-order valence-electron chi connectivity index (χ2n) is 9.07. The van der Waals surface area contributed by atoms with Crippen molar-refractivity contribution in [3.63, 3.8) is 0 Å². The molecule has 10 heteroatoms. The number of ether oxygens (including phenoxy) is 3. The first-order chi connectivity index (χ1) is 18.3. The number of methoxy groups -OCH3 is 1. The first-order valence-electron chi connectivity index (χ1n) is 12.6. The van der Waals surface area contributed by atoms with E-state index in [0.29, 0.717) is 54.4 Å². The van der Waals surface area contributed by atoms with Crippen LogP contribution in [0.25, 0.3) is 6.08 Å². The largest absolute Gasteiger partial charge is 0.495 e. The first kappa shape index (κ1) is 28.0. The Morgan fingerprint density at radius 1 is 1.18 bits per heavy atom. The number of aliphatic imine (C=N–C) groups is 1. The average Bonchev–Trinajstić information content (AvgIpc) is 3.22. The number of thioether (sulfide) groups is 1.